The van der Waals surface area contributed by atoms with Gasteiger partial charge in [-0.1, -0.05) is 58.0 Å². The second-order valence-corrected chi connectivity index (χ2v) is 10.8. The van der Waals surface area contributed by atoms with E-state index in [1.807, 2.05) is 12.1 Å². The SMILES string of the molecule is C/C(=C\c1ccc(C(=O)O)cc1)c1cc2c(cc1C)C(C)(C)CCC2(C)C.Nc1ccc(O)cc1. The molecule has 35 heavy (non-hydrogen) atoms. The Bertz CT molecular complexity index is 1210. The van der Waals surface area contributed by atoms with Crippen molar-refractivity contribution in [2.75, 3.05) is 5.73 Å². The summed E-state index contributed by atoms with van der Waals surface area (Å²) >= 11 is 0. The number of aromatic hydroxyl groups is 1. The molecule has 0 saturated carbocycles. The zero-order chi connectivity index (χ0) is 26.0. The summed E-state index contributed by atoms with van der Waals surface area (Å²) in [5.41, 5.74) is 14.5. The number of carboxylic acid groups (broad SMARTS) is 1. The molecule has 0 aromatic heterocycles. The van der Waals surface area contributed by atoms with E-state index in [0.717, 1.165) is 5.56 Å². The van der Waals surface area contributed by atoms with Crippen LogP contribution in [0.4, 0.5) is 5.69 Å². The lowest BCUT2D eigenvalue weighted by atomic mass is 9.62. The molecule has 0 amide bonds. The van der Waals surface area contributed by atoms with Crippen LogP contribution >= 0.6 is 0 Å². The highest BCUT2D eigenvalue weighted by Gasteiger charge is 2.37. The molecule has 0 heterocycles. The number of nitrogen functional groups attached to an aromatic ring is 1. The molecule has 0 saturated heterocycles. The Morgan fingerprint density at radius 3 is 1.89 bits per heavy atom. The van der Waals surface area contributed by atoms with E-state index in [9.17, 15) is 4.79 Å². The third-order valence-electron chi connectivity index (χ3n) is 7.06. The van der Waals surface area contributed by atoms with Gasteiger partial charge in [0.25, 0.3) is 0 Å². The van der Waals surface area contributed by atoms with Gasteiger partial charge >= 0.3 is 5.97 Å². The van der Waals surface area contributed by atoms with Crippen molar-refractivity contribution in [3.05, 3.63) is 94.0 Å². The maximum absolute atomic E-state index is 11.0. The summed E-state index contributed by atoms with van der Waals surface area (Å²) in [7, 11) is 0. The second-order valence-electron chi connectivity index (χ2n) is 10.8. The molecule has 4 nitrogen and oxygen atoms in total. The predicted molar refractivity (Wildman–Crippen MR) is 146 cm³/mol. The van der Waals surface area contributed by atoms with Gasteiger partial charge in [0.2, 0.25) is 0 Å². The molecule has 4 heteroatoms. The topological polar surface area (TPSA) is 83.5 Å². The number of carbonyl (C=O) groups is 1. The van der Waals surface area contributed by atoms with Gasteiger partial charge in [-0.05, 0) is 107 Å². The van der Waals surface area contributed by atoms with Gasteiger partial charge in [0, 0.05) is 5.69 Å². The van der Waals surface area contributed by atoms with Crippen molar-refractivity contribution < 1.29 is 15.0 Å². The van der Waals surface area contributed by atoms with Crippen molar-refractivity contribution in [3.8, 4) is 5.75 Å². The summed E-state index contributed by atoms with van der Waals surface area (Å²) in [5.74, 6) is -0.642. The van der Waals surface area contributed by atoms with Crippen LogP contribution in [0.25, 0.3) is 11.6 Å². The number of aryl methyl sites for hydroxylation is 1. The van der Waals surface area contributed by atoms with E-state index < -0.39 is 5.97 Å². The van der Waals surface area contributed by atoms with Crippen LogP contribution in [0.5, 0.6) is 5.75 Å². The smallest absolute Gasteiger partial charge is 0.335 e. The Morgan fingerprint density at radius 1 is 0.886 bits per heavy atom. The minimum atomic E-state index is -0.891. The van der Waals surface area contributed by atoms with Gasteiger partial charge in [-0.3, -0.25) is 0 Å². The molecule has 4 N–H and O–H groups in total. The Morgan fingerprint density at radius 2 is 1.40 bits per heavy atom. The molecular weight excluding hydrogens is 434 g/mol. The van der Waals surface area contributed by atoms with Gasteiger partial charge < -0.3 is 15.9 Å². The number of hydrogen-bond donors (Lipinski definition) is 3. The van der Waals surface area contributed by atoms with Crippen molar-refractivity contribution >= 4 is 23.3 Å². The number of fused-ring (bicyclic) bond motifs is 1. The lowest BCUT2D eigenvalue weighted by Gasteiger charge is -2.42. The first-order chi connectivity index (χ1) is 16.3. The summed E-state index contributed by atoms with van der Waals surface area (Å²) in [6, 6.07) is 18.2. The standard InChI is InChI=1S/C25H30O2.C6H7NO/c1-16(13-18-7-9-19(10-8-18)23(26)27)20-15-22-21(14-17(20)2)24(3,4)11-12-25(22,5)6;7-5-1-3-6(8)4-2-5/h7-10,13-15H,11-12H2,1-6H3,(H,26,27);1-4,8H,7H2/b16-13+;. The van der Waals surface area contributed by atoms with Crippen LogP contribution in [0.15, 0.2) is 60.7 Å². The lowest BCUT2D eigenvalue weighted by molar-refractivity contribution is 0.0697. The summed E-state index contributed by atoms with van der Waals surface area (Å²) < 4.78 is 0. The van der Waals surface area contributed by atoms with E-state index in [2.05, 4.69) is 59.8 Å². The molecule has 0 bridgehead atoms. The Hall–Kier alpha value is -3.53. The molecule has 3 aromatic rings. The summed E-state index contributed by atoms with van der Waals surface area (Å²) in [6.07, 6.45) is 4.56. The summed E-state index contributed by atoms with van der Waals surface area (Å²) in [5, 5.41) is 17.8. The Labute approximate surface area is 209 Å². The largest absolute Gasteiger partial charge is 0.508 e. The number of hydrogen-bond acceptors (Lipinski definition) is 3. The fourth-order valence-corrected chi connectivity index (χ4v) is 4.67. The molecule has 0 aliphatic heterocycles. The van der Waals surface area contributed by atoms with Crippen molar-refractivity contribution in [3.63, 3.8) is 0 Å². The van der Waals surface area contributed by atoms with E-state index in [-0.39, 0.29) is 16.6 Å². The van der Waals surface area contributed by atoms with Crippen LogP contribution in [0.3, 0.4) is 0 Å². The molecule has 1 aliphatic carbocycles. The summed E-state index contributed by atoms with van der Waals surface area (Å²) in [6.45, 7) is 13.7. The average Bonchev–Trinajstić information content (AvgIpc) is 2.79. The van der Waals surface area contributed by atoms with E-state index in [1.165, 1.54) is 40.7 Å². The minimum Gasteiger partial charge on any atom is -0.508 e. The van der Waals surface area contributed by atoms with Crippen molar-refractivity contribution in [2.45, 2.75) is 65.2 Å². The van der Waals surface area contributed by atoms with E-state index in [4.69, 9.17) is 15.9 Å². The number of aromatic carboxylic acids is 1. The van der Waals surface area contributed by atoms with Gasteiger partial charge in [-0.15, -0.1) is 0 Å². The van der Waals surface area contributed by atoms with Gasteiger partial charge in [-0.2, -0.15) is 0 Å². The molecule has 4 rings (SSSR count). The number of allylic oxidation sites excluding steroid dienone is 1. The third kappa shape index (κ3) is 6.13. The van der Waals surface area contributed by atoms with Crippen LogP contribution in [0.2, 0.25) is 0 Å². The number of nitrogens with two attached hydrogens (primary N) is 1. The number of benzene rings is 3. The number of phenolic OH excluding ortho intramolecular Hbond substituents is 1. The van der Waals surface area contributed by atoms with Gasteiger partial charge in [-0.25, -0.2) is 4.79 Å². The number of phenols is 1. The quantitative estimate of drug-likeness (QED) is 0.209. The molecular formula is C31H37NO3. The van der Waals surface area contributed by atoms with Gasteiger partial charge in [0.05, 0.1) is 5.56 Å². The monoisotopic (exact) mass is 471 g/mol. The fraction of sp³-hybridized carbons (Fsp3) is 0.323. The number of carboxylic acids is 1. The van der Waals surface area contributed by atoms with Crippen LogP contribution in [-0.4, -0.2) is 16.2 Å². The lowest BCUT2D eigenvalue weighted by Crippen LogP contribution is -2.34. The first kappa shape index (κ1) is 26.1. The molecule has 0 radical (unpaired) electrons. The molecule has 1 aliphatic rings. The second kappa shape index (κ2) is 9.99. The Kier molecular flexibility index (Phi) is 7.44. The minimum absolute atomic E-state index is 0.191. The van der Waals surface area contributed by atoms with E-state index in [0.29, 0.717) is 11.3 Å². The van der Waals surface area contributed by atoms with Crippen molar-refractivity contribution in [2.24, 2.45) is 0 Å². The Balaban J connectivity index is 0.000000363. The van der Waals surface area contributed by atoms with Crippen molar-refractivity contribution in [1.29, 1.82) is 0 Å². The van der Waals surface area contributed by atoms with Crippen LogP contribution < -0.4 is 5.73 Å². The maximum atomic E-state index is 11.0. The highest BCUT2D eigenvalue weighted by molar-refractivity contribution is 5.88. The first-order valence-corrected chi connectivity index (χ1v) is 12.0. The molecule has 0 spiro atoms. The number of rotatable bonds is 3. The van der Waals surface area contributed by atoms with E-state index >= 15 is 0 Å². The third-order valence-corrected chi connectivity index (χ3v) is 7.06. The van der Waals surface area contributed by atoms with Gasteiger partial charge in [0.15, 0.2) is 0 Å². The maximum Gasteiger partial charge on any atom is 0.335 e. The first-order valence-electron chi connectivity index (χ1n) is 12.0. The predicted octanol–water partition coefficient (Wildman–Crippen LogP) is 7.58. The molecule has 0 fully saturated rings. The zero-order valence-electron chi connectivity index (χ0n) is 21.6. The van der Waals surface area contributed by atoms with Gasteiger partial charge in [0.1, 0.15) is 5.75 Å². The average molecular weight is 472 g/mol. The number of anilines is 1. The zero-order valence-corrected chi connectivity index (χ0v) is 21.6. The van der Waals surface area contributed by atoms with Crippen LogP contribution in [0, 0.1) is 6.92 Å². The highest BCUT2D eigenvalue weighted by atomic mass is 16.4. The highest BCUT2D eigenvalue weighted by Crippen LogP contribution is 2.47. The molecule has 0 atom stereocenters. The van der Waals surface area contributed by atoms with Crippen LogP contribution in [0.1, 0.15) is 85.6 Å². The van der Waals surface area contributed by atoms with Crippen molar-refractivity contribution in [1.82, 2.24) is 0 Å². The van der Waals surface area contributed by atoms with E-state index in [1.54, 1.807) is 36.4 Å². The fourth-order valence-electron chi connectivity index (χ4n) is 4.67. The normalized spacial score (nSPS) is 16.0. The van der Waals surface area contributed by atoms with Crippen LogP contribution in [-0.2, 0) is 10.8 Å². The molecule has 0 unspecified atom stereocenters. The molecule has 3 aromatic carbocycles. The molecule has 184 valence electrons. The summed E-state index contributed by atoms with van der Waals surface area (Å²) in [4.78, 5) is 11.0.